The Morgan fingerprint density at radius 1 is 0.551 bits per heavy atom. The van der Waals surface area contributed by atoms with E-state index in [4.69, 9.17) is 15.1 Å². The highest BCUT2D eigenvalue weighted by molar-refractivity contribution is 6.18. The molecule has 8 aromatic carbocycles. The van der Waals surface area contributed by atoms with Crippen molar-refractivity contribution < 1.29 is 4.42 Å². The van der Waals surface area contributed by atoms with Crippen LogP contribution < -0.4 is 11.1 Å². The molecule has 0 saturated carbocycles. The molecule has 3 N–H and O–H groups in total. The van der Waals surface area contributed by atoms with Crippen LogP contribution >= 0.6 is 0 Å². The van der Waals surface area contributed by atoms with Gasteiger partial charge in [0.15, 0.2) is 0 Å². The SMILES string of the molecule is NC(N/C(=N\Cc1ccccc1)c1cc2ccccc2c2ccccc12)c1cccc2oc3ccc(-c4ccc5ccccc5c4)cc3c12. The number of furan rings is 1. The van der Waals surface area contributed by atoms with Crippen LogP contribution in [0.3, 0.4) is 0 Å². The summed E-state index contributed by atoms with van der Waals surface area (Å²) in [7, 11) is 0. The third kappa shape index (κ3) is 5.29. The van der Waals surface area contributed by atoms with Gasteiger partial charge in [-0.15, -0.1) is 0 Å². The van der Waals surface area contributed by atoms with E-state index in [0.29, 0.717) is 6.54 Å². The zero-order valence-electron chi connectivity index (χ0n) is 26.8. The number of nitrogens with zero attached hydrogens (tertiary/aromatic N) is 1. The van der Waals surface area contributed by atoms with Crippen LogP contribution in [0.5, 0.6) is 0 Å². The standard InChI is InChI=1S/C45H33N3O/c46-44(38-19-10-20-42-43(38)40-26-33(23-24-41(40)49-42)32-22-21-30-13-4-5-14-31(30)25-32)48-45(47-28-29-11-2-1-3-12-29)39-27-34-15-6-7-16-35(34)36-17-8-9-18-37(36)39/h1-27,44H,28,46H2,(H,47,48). The third-order valence-electron chi connectivity index (χ3n) is 9.52. The Morgan fingerprint density at radius 3 is 2.10 bits per heavy atom. The molecule has 0 fully saturated rings. The summed E-state index contributed by atoms with van der Waals surface area (Å²) in [5, 5.41) is 12.8. The summed E-state index contributed by atoms with van der Waals surface area (Å²) >= 11 is 0. The van der Waals surface area contributed by atoms with Gasteiger partial charge in [-0.1, -0.05) is 133 Å². The quantitative estimate of drug-likeness (QED) is 0.0831. The third-order valence-corrected chi connectivity index (χ3v) is 9.52. The molecule has 0 bridgehead atoms. The minimum Gasteiger partial charge on any atom is -0.456 e. The molecule has 9 rings (SSSR count). The van der Waals surface area contributed by atoms with Crippen molar-refractivity contribution in [3.8, 4) is 11.1 Å². The number of amidine groups is 1. The first-order chi connectivity index (χ1) is 24.2. The Morgan fingerprint density at radius 2 is 1.24 bits per heavy atom. The number of rotatable bonds is 6. The van der Waals surface area contributed by atoms with Crippen molar-refractivity contribution in [2.24, 2.45) is 10.7 Å². The number of fused-ring (bicyclic) bond motifs is 7. The first-order valence-corrected chi connectivity index (χ1v) is 16.7. The molecule has 9 aromatic rings. The maximum atomic E-state index is 7.15. The lowest BCUT2D eigenvalue weighted by Gasteiger charge is -2.20. The van der Waals surface area contributed by atoms with E-state index in [0.717, 1.165) is 66.4 Å². The molecular weight excluding hydrogens is 599 g/mol. The Balaban J connectivity index is 1.17. The lowest BCUT2D eigenvalue weighted by atomic mass is 9.96. The highest BCUT2D eigenvalue weighted by Crippen LogP contribution is 2.37. The molecule has 4 nitrogen and oxygen atoms in total. The van der Waals surface area contributed by atoms with Gasteiger partial charge < -0.3 is 15.5 Å². The van der Waals surface area contributed by atoms with Gasteiger partial charge in [-0.3, -0.25) is 4.99 Å². The van der Waals surface area contributed by atoms with E-state index in [9.17, 15) is 0 Å². The van der Waals surface area contributed by atoms with Crippen LogP contribution in [0.1, 0.15) is 22.9 Å². The first-order valence-electron chi connectivity index (χ1n) is 16.7. The zero-order valence-corrected chi connectivity index (χ0v) is 26.8. The molecule has 1 aromatic heterocycles. The summed E-state index contributed by atoms with van der Waals surface area (Å²) in [6.45, 7) is 0.519. The minimum absolute atomic E-state index is 0.519. The predicted octanol–water partition coefficient (Wildman–Crippen LogP) is 10.9. The largest absolute Gasteiger partial charge is 0.456 e. The lowest BCUT2D eigenvalue weighted by Crippen LogP contribution is -2.35. The normalized spacial score (nSPS) is 12.7. The molecule has 0 aliphatic heterocycles. The van der Waals surface area contributed by atoms with Gasteiger partial charge in [0.2, 0.25) is 0 Å². The number of hydrogen-bond acceptors (Lipinski definition) is 3. The molecule has 234 valence electrons. The molecule has 1 unspecified atom stereocenters. The number of aliphatic imine (C=N–C) groups is 1. The van der Waals surface area contributed by atoms with E-state index >= 15 is 0 Å². The predicted molar refractivity (Wildman–Crippen MR) is 205 cm³/mol. The van der Waals surface area contributed by atoms with Crippen molar-refractivity contribution in [1.82, 2.24) is 5.32 Å². The first kappa shape index (κ1) is 29.0. The topological polar surface area (TPSA) is 63.5 Å². The highest BCUT2D eigenvalue weighted by atomic mass is 16.3. The summed E-state index contributed by atoms with van der Waals surface area (Å²) < 4.78 is 6.39. The number of benzene rings is 8. The summed E-state index contributed by atoms with van der Waals surface area (Å²) in [5.41, 5.74) is 14.2. The van der Waals surface area contributed by atoms with Gasteiger partial charge in [-0.25, -0.2) is 0 Å². The van der Waals surface area contributed by atoms with Crippen molar-refractivity contribution in [1.29, 1.82) is 0 Å². The lowest BCUT2D eigenvalue weighted by molar-refractivity contribution is 0.663. The average Bonchev–Trinajstić information content (AvgIpc) is 3.54. The molecule has 49 heavy (non-hydrogen) atoms. The van der Waals surface area contributed by atoms with Crippen molar-refractivity contribution in [3.05, 3.63) is 180 Å². The van der Waals surface area contributed by atoms with Crippen LogP contribution in [0.15, 0.2) is 173 Å². The second kappa shape index (κ2) is 12.1. The van der Waals surface area contributed by atoms with Gasteiger partial charge >= 0.3 is 0 Å². The van der Waals surface area contributed by atoms with Gasteiger partial charge in [0.05, 0.1) is 6.54 Å². The van der Waals surface area contributed by atoms with Gasteiger partial charge in [0, 0.05) is 21.9 Å². The molecule has 0 spiro atoms. The summed E-state index contributed by atoms with van der Waals surface area (Å²) in [6, 6.07) is 57.2. The van der Waals surface area contributed by atoms with Crippen LogP contribution in [0.25, 0.3) is 65.4 Å². The molecule has 1 atom stereocenters. The van der Waals surface area contributed by atoms with Crippen LogP contribution in [-0.4, -0.2) is 5.84 Å². The van der Waals surface area contributed by atoms with Crippen LogP contribution in [0.2, 0.25) is 0 Å². The highest BCUT2D eigenvalue weighted by Gasteiger charge is 2.20. The number of nitrogens with one attached hydrogen (secondary N) is 1. The monoisotopic (exact) mass is 631 g/mol. The zero-order chi connectivity index (χ0) is 32.7. The van der Waals surface area contributed by atoms with E-state index in [2.05, 4.69) is 139 Å². The Bertz CT molecular complexity index is 2690. The van der Waals surface area contributed by atoms with Gasteiger partial charge in [-0.2, -0.15) is 0 Å². The average molecular weight is 632 g/mol. The number of hydrogen-bond donors (Lipinski definition) is 2. The fraction of sp³-hybridized carbons (Fsp3) is 0.0444. The van der Waals surface area contributed by atoms with Crippen molar-refractivity contribution in [2.75, 3.05) is 0 Å². The second-order valence-electron chi connectivity index (χ2n) is 12.6. The fourth-order valence-corrected chi connectivity index (χ4v) is 7.10. The van der Waals surface area contributed by atoms with E-state index in [-0.39, 0.29) is 0 Å². The minimum atomic E-state index is -0.561. The van der Waals surface area contributed by atoms with Crippen molar-refractivity contribution in [3.63, 3.8) is 0 Å². The van der Waals surface area contributed by atoms with E-state index < -0.39 is 6.17 Å². The Labute approximate surface area is 284 Å². The second-order valence-corrected chi connectivity index (χ2v) is 12.6. The fourth-order valence-electron chi connectivity index (χ4n) is 7.10. The molecule has 1 heterocycles. The van der Waals surface area contributed by atoms with Crippen LogP contribution in [-0.2, 0) is 6.54 Å². The molecule has 0 aliphatic carbocycles. The molecule has 0 amide bonds. The number of nitrogens with two attached hydrogens (primary N) is 1. The van der Waals surface area contributed by atoms with Crippen molar-refractivity contribution in [2.45, 2.75) is 12.7 Å². The van der Waals surface area contributed by atoms with Crippen LogP contribution in [0.4, 0.5) is 0 Å². The molecule has 4 heteroatoms. The van der Waals surface area contributed by atoms with Crippen molar-refractivity contribution >= 4 is 60.1 Å². The molecular formula is C45H33N3O. The maximum Gasteiger partial charge on any atom is 0.135 e. The van der Waals surface area contributed by atoms with E-state index in [1.807, 2.05) is 30.3 Å². The summed E-state index contributed by atoms with van der Waals surface area (Å²) in [4.78, 5) is 5.20. The van der Waals surface area contributed by atoms with Gasteiger partial charge in [0.1, 0.15) is 23.2 Å². The summed E-state index contributed by atoms with van der Waals surface area (Å²) in [5.74, 6) is 0.750. The Kier molecular flexibility index (Phi) is 7.15. The smallest absolute Gasteiger partial charge is 0.135 e. The molecule has 0 saturated heterocycles. The molecule has 0 aliphatic rings. The van der Waals surface area contributed by atoms with E-state index in [1.165, 1.54) is 21.5 Å². The summed E-state index contributed by atoms with van der Waals surface area (Å²) in [6.07, 6.45) is -0.561. The van der Waals surface area contributed by atoms with E-state index in [1.54, 1.807) is 0 Å². The van der Waals surface area contributed by atoms with Crippen LogP contribution in [0, 0.1) is 0 Å². The van der Waals surface area contributed by atoms with Gasteiger partial charge in [0.25, 0.3) is 0 Å². The Hall–Kier alpha value is -6.23. The maximum absolute atomic E-state index is 7.15. The van der Waals surface area contributed by atoms with Gasteiger partial charge in [-0.05, 0) is 79.3 Å². The molecule has 0 radical (unpaired) electrons.